The summed E-state index contributed by atoms with van der Waals surface area (Å²) in [6.45, 7) is 0.400. The molecule has 0 amide bonds. The van der Waals surface area contributed by atoms with Crippen LogP contribution in [0.15, 0.2) is 18.2 Å². The molecule has 76 valence electrons. The first-order valence-electron chi connectivity index (χ1n) is 4.50. The second-order valence-corrected chi connectivity index (χ2v) is 3.95. The van der Waals surface area contributed by atoms with Crippen LogP contribution in [0.4, 0.5) is 4.39 Å². The molecule has 0 saturated heterocycles. The van der Waals surface area contributed by atoms with Crippen LogP contribution in [0, 0.1) is 5.82 Å². The minimum Gasteiger partial charge on any atom is -0.481 e. The van der Waals surface area contributed by atoms with Crippen LogP contribution < -0.4 is 10.5 Å². The Bertz CT molecular complexity index is 332. The van der Waals surface area contributed by atoms with E-state index in [4.69, 9.17) is 22.1 Å². The van der Waals surface area contributed by atoms with Crippen LogP contribution >= 0.6 is 11.6 Å². The van der Waals surface area contributed by atoms with Crippen molar-refractivity contribution in [1.29, 1.82) is 0 Å². The summed E-state index contributed by atoms with van der Waals surface area (Å²) in [5.41, 5.74) is 5.16. The van der Waals surface area contributed by atoms with Crippen molar-refractivity contribution in [3.63, 3.8) is 0 Å². The van der Waals surface area contributed by atoms with Gasteiger partial charge < -0.3 is 10.5 Å². The maximum absolute atomic E-state index is 13.3. The summed E-state index contributed by atoms with van der Waals surface area (Å²) in [5.74, 6) is -0.311. The molecule has 1 aromatic rings. The lowest BCUT2D eigenvalue weighted by Crippen LogP contribution is -2.29. The standard InChI is InChI=1S/C10H11ClFNO/c11-7-2-1-3-8(12)9(7)14-10(6-13)4-5-10/h1-3H,4-6,13H2. The third-order valence-corrected chi connectivity index (χ3v) is 2.71. The monoisotopic (exact) mass is 215 g/mol. The SMILES string of the molecule is NCC1(Oc2c(F)cccc2Cl)CC1. The molecular weight excluding hydrogens is 205 g/mol. The van der Waals surface area contributed by atoms with Gasteiger partial charge in [0.25, 0.3) is 0 Å². The largest absolute Gasteiger partial charge is 0.481 e. The Morgan fingerprint density at radius 2 is 2.21 bits per heavy atom. The Morgan fingerprint density at radius 3 is 2.71 bits per heavy atom. The summed E-state index contributed by atoms with van der Waals surface area (Å²) in [6.07, 6.45) is 1.74. The summed E-state index contributed by atoms with van der Waals surface area (Å²) in [6, 6.07) is 4.48. The van der Waals surface area contributed by atoms with E-state index in [1.54, 1.807) is 12.1 Å². The van der Waals surface area contributed by atoms with E-state index in [-0.39, 0.29) is 11.4 Å². The van der Waals surface area contributed by atoms with Gasteiger partial charge in [0.1, 0.15) is 5.60 Å². The van der Waals surface area contributed by atoms with Crippen molar-refractivity contribution in [3.05, 3.63) is 29.0 Å². The molecule has 2 nitrogen and oxygen atoms in total. The lowest BCUT2D eigenvalue weighted by atomic mass is 10.3. The van der Waals surface area contributed by atoms with Gasteiger partial charge in [-0.2, -0.15) is 0 Å². The first kappa shape index (κ1) is 9.74. The van der Waals surface area contributed by atoms with Crippen molar-refractivity contribution in [2.24, 2.45) is 5.73 Å². The quantitative estimate of drug-likeness (QED) is 0.840. The van der Waals surface area contributed by atoms with Gasteiger partial charge in [0.05, 0.1) is 5.02 Å². The van der Waals surface area contributed by atoms with E-state index >= 15 is 0 Å². The van der Waals surface area contributed by atoms with Gasteiger partial charge in [-0.25, -0.2) is 4.39 Å². The number of ether oxygens (including phenoxy) is 1. The van der Waals surface area contributed by atoms with Gasteiger partial charge >= 0.3 is 0 Å². The van der Waals surface area contributed by atoms with Crippen molar-refractivity contribution in [2.75, 3.05) is 6.54 Å². The Morgan fingerprint density at radius 1 is 1.50 bits per heavy atom. The zero-order chi connectivity index (χ0) is 10.2. The average molecular weight is 216 g/mol. The Labute approximate surface area is 86.8 Å². The predicted octanol–water partition coefficient (Wildman–Crippen LogP) is 2.35. The van der Waals surface area contributed by atoms with Gasteiger partial charge in [-0.1, -0.05) is 17.7 Å². The first-order chi connectivity index (χ1) is 6.67. The van der Waals surface area contributed by atoms with Gasteiger partial charge in [0.15, 0.2) is 11.6 Å². The van der Waals surface area contributed by atoms with Crippen molar-refractivity contribution < 1.29 is 9.13 Å². The number of hydrogen-bond acceptors (Lipinski definition) is 2. The lowest BCUT2D eigenvalue weighted by Gasteiger charge is -2.17. The molecule has 0 aromatic heterocycles. The fraction of sp³-hybridized carbons (Fsp3) is 0.400. The van der Waals surface area contributed by atoms with Gasteiger partial charge in [0.2, 0.25) is 0 Å². The minimum absolute atomic E-state index is 0.122. The van der Waals surface area contributed by atoms with Gasteiger partial charge in [0, 0.05) is 6.54 Å². The fourth-order valence-electron chi connectivity index (χ4n) is 1.28. The molecule has 1 fully saturated rings. The summed E-state index contributed by atoms with van der Waals surface area (Å²) in [5, 5.41) is 0.296. The molecule has 0 radical (unpaired) electrons. The van der Waals surface area contributed by atoms with Crippen LogP contribution in [0.3, 0.4) is 0 Å². The summed E-state index contributed by atoms with van der Waals surface area (Å²) in [7, 11) is 0. The summed E-state index contributed by atoms with van der Waals surface area (Å²) in [4.78, 5) is 0. The molecule has 1 aliphatic rings. The van der Waals surface area contributed by atoms with Crippen LogP contribution in [0.25, 0.3) is 0 Å². The van der Waals surface area contributed by atoms with Crippen molar-refractivity contribution in [2.45, 2.75) is 18.4 Å². The maximum atomic E-state index is 13.3. The lowest BCUT2D eigenvalue weighted by molar-refractivity contribution is 0.179. The van der Waals surface area contributed by atoms with Crippen LogP contribution in [-0.4, -0.2) is 12.1 Å². The van der Waals surface area contributed by atoms with Crippen LogP contribution in [0.1, 0.15) is 12.8 Å². The van der Waals surface area contributed by atoms with E-state index in [0.29, 0.717) is 11.6 Å². The zero-order valence-electron chi connectivity index (χ0n) is 7.59. The normalized spacial score (nSPS) is 17.9. The first-order valence-corrected chi connectivity index (χ1v) is 4.88. The number of para-hydroxylation sites is 1. The molecule has 0 atom stereocenters. The molecule has 1 aromatic carbocycles. The molecule has 1 aliphatic carbocycles. The van der Waals surface area contributed by atoms with Crippen molar-refractivity contribution in [3.8, 4) is 5.75 Å². The fourth-order valence-corrected chi connectivity index (χ4v) is 1.49. The maximum Gasteiger partial charge on any atom is 0.174 e. The van der Waals surface area contributed by atoms with Crippen molar-refractivity contribution in [1.82, 2.24) is 0 Å². The van der Waals surface area contributed by atoms with E-state index in [9.17, 15) is 4.39 Å². The molecule has 0 unspecified atom stereocenters. The molecule has 2 N–H and O–H groups in total. The Kier molecular flexibility index (Phi) is 2.37. The molecule has 0 spiro atoms. The number of hydrogen-bond donors (Lipinski definition) is 1. The minimum atomic E-state index is -0.433. The highest BCUT2D eigenvalue weighted by Crippen LogP contribution is 2.42. The second-order valence-electron chi connectivity index (χ2n) is 3.54. The van der Waals surface area contributed by atoms with Crippen molar-refractivity contribution >= 4 is 11.6 Å². The highest BCUT2D eigenvalue weighted by Gasteiger charge is 2.45. The second kappa shape index (κ2) is 3.41. The van der Waals surface area contributed by atoms with Gasteiger partial charge in [-0.15, -0.1) is 0 Å². The van der Waals surface area contributed by atoms with Crippen LogP contribution in [-0.2, 0) is 0 Å². The third kappa shape index (κ3) is 1.70. The molecule has 2 rings (SSSR count). The molecule has 0 bridgehead atoms. The number of benzene rings is 1. The molecule has 14 heavy (non-hydrogen) atoms. The summed E-state index contributed by atoms with van der Waals surface area (Å²) >= 11 is 5.81. The molecule has 0 heterocycles. The molecule has 0 aliphatic heterocycles. The third-order valence-electron chi connectivity index (χ3n) is 2.42. The van der Waals surface area contributed by atoms with E-state index in [0.717, 1.165) is 12.8 Å². The highest BCUT2D eigenvalue weighted by molar-refractivity contribution is 6.32. The zero-order valence-corrected chi connectivity index (χ0v) is 8.35. The van der Waals surface area contributed by atoms with Crippen LogP contribution in [0.5, 0.6) is 5.75 Å². The number of halogens is 2. The molecule has 1 saturated carbocycles. The smallest absolute Gasteiger partial charge is 0.174 e. The number of nitrogens with two attached hydrogens (primary N) is 1. The van der Waals surface area contributed by atoms with Crippen LogP contribution in [0.2, 0.25) is 5.02 Å². The Balaban J connectivity index is 2.24. The van der Waals surface area contributed by atoms with E-state index in [1.165, 1.54) is 6.07 Å². The van der Waals surface area contributed by atoms with E-state index in [1.807, 2.05) is 0 Å². The number of rotatable bonds is 3. The van der Waals surface area contributed by atoms with Gasteiger partial charge in [-0.05, 0) is 25.0 Å². The predicted molar refractivity (Wildman–Crippen MR) is 53.1 cm³/mol. The highest BCUT2D eigenvalue weighted by atomic mass is 35.5. The molecular formula is C10H11ClFNO. The summed E-state index contributed by atoms with van der Waals surface area (Å²) < 4.78 is 18.8. The average Bonchev–Trinajstić information content (AvgIpc) is 2.93. The van der Waals surface area contributed by atoms with E-state index < -0.39 is 5.82 Å². The molecule has 4 heteroatoms. The van der Waals surface area contributed by atoms with E-state index in [2.05, 4.69) is 0 Å². The topological polar surface area (TPSA) is 35.2 Å². The Hall–Kier alpha value is -0.800. The van der Waals surface area contributed by atoms with Gasteiger partial charge in [-0.3, -0.25) is 0 Å².